The van der Waals surface area contributed by atoms with Crippen molar-refractivity contribution in [3.05, 3.63) is 33.9 Å². The second kappa shape index (κ2) is 7.94. The van der Waals surface area contributed by atoms with Gasteiger partial charge in [-0.15, -0.1) is 0 Å². The highest BCUT2D eigenvalue weighted by Crippen LogP contribution is 2.30. The van der Waals surface area contributed by atoms with Crippen molar-refractivity contribution >= 4 is 23.1 Å². The van der Waals surface area contributed by atoms with Crippen LogP contribution >= 0.6 is 11.8 Å². The van der Waals surface area contributed by atoms with Gasteiger partial charge in [0.2, 0.25) is 0 Å². The van der Waals surface area contributed by atoms with Crippen molar-refractivity contribution in [2.75, 3.05) is 24.2 Å². The molecular weight excluding hydrogens is 252 g/mol. The molecule has 6 heteroatoms. The van der Waals surface area contributed by atoms with Crippen molar-refractivity contribution in [1.82, 2.24) is 0 Å². The van der Waals surface area contributed by atoms with E-state index in [1.165, 1.54) is 6.07 Å². The zero-order valence-electron chi connectivity index (χ0n) is 10.4. The Bertz CT molecular complexity index is 399. The molecular formula is C12H18N2O3S. The van der Waals surface area contributed by atoms with Gasteiger partial charge in [-0.05, 0) is 12.0 Å². The number of hydrogen-bond donors (Lipinski definition) is 2. The number of benzene rings is 1. The van der Waals surface area contributed by atoms with Crippen LogP contribution in [0.4, 0.5) is 11.4 Å². The SMILES string of the molecule is CCCNc1c(CSCCO)cccc1[N+](=O)[O-]. The molecule has 1 rings (SSSR count). The molecule has 0 atom stereocenters. The third kappa shape index (κ3) is 4.19. The van der Waals surface area contributed by atoms with Crippen LogP contribution in [0.1, 0.15) is 18.9 Å². The van der Waals surface area contributed by atoms with Crippen molar-refractivity contribution in [1.29, 1.82) is 0 Å². The molecule has 0 amide bonds. The average molecular weight is 270 g/mol. The summed E-state index contributed by atoms with van der Waals surface area (Å²) in [6, 6.07) is 5.09. The summed E-state index contributed by atoms with van der Waals surface area (Å²) < 4.78 is 0. The molecule has 0 aromatic heterocycles. The van der Waals surface area contributed by atoms with E-state index in [4.69, 9.17) is 5.11 Å². The highest BCUT2D eigenvalue weighted by atomic mass is 32.2. The first-order valence-corrected chi connectivity index (χ1v) is 7.05. The molecule has 1 aromatic rings. The molecule has 0 saturated carbocycles. The Morgan fingerprint density at radius 1 is 1.50 bits per heavy atom. The minimum Gasteiger partial charge on any atom is -0.396 e. The van der Waals surface area contributed by atoms with Crippen molar-refractivity contribution < 1.29 is 10.0 Å². The molecule has 0 saturated heterocycles. The molecule has 0 aliphatic rings. The third-order valence-electron chi connectivity index (χ3n) is 2.37. The van der Waals surface area contributed by atoms with Crippen LogP contribution in [0.2, 0.25) is 0 Å². The van der Waals surface area contributed by atoms with E-state index in [9.17, 15) is 10.1 Å². The lowest BCUT2D eigenvalue weighted by Gasteiger charge is -2.11. The number of nitrogens with one attached hydrogen (secondary N) is 1. The monoisotopic (exact) mass is 270 g/mol. The summed E-state index contributed by atoms with van der Waals surface area (Å²) in [5, 5.41) is 22.9. The Morgan fingerprint density at radius 2 is 2.28 bits per heavy atom. The zero-order chi connectivity index (χ0) is 13.4. The minimum atomic E-state index is -0.363. The molecule has 0 unspecified atom stereocenters. The van der Waals surface area contributed by atoms with Gasteiger partial charge in [-0.2, -0.15) is 11.8 Å². The fourth-order valence-electron chi connectivity index (χ4n) is 1.56. The van der Waals surface area contributed by atoms with E-state index in [1.54, 1.807) is 17.8 Å². The maximum Gasteiger partial charge on any atom is 0.292 e. The quantitative estimate of drug-likeness (QED) is 0.431. The minimum absolute atomic E-state index is 0.116. The zero-order valence-corrected chi connectivity index (χ0v) is 11.2. The molecule has 0 fully saturated rings. The largest absolute Gasteiger partial charge is 0.396 e. The second-order valence-corrected chi connectivity index (χ2v) is 4.88. The van der Waals surface area contributed by atoms with Crippen LogP contribution in [-0.4, -0.2) is 28.9 Å². The number of nitro groups is 1. The van der Waals surface area contributed by atoms with Gasteiger partial charge in [-0.25, -0.2) is 0 Å². The number of nitrogens with zero attached hydrogens (tertiary/aromatic N) is 1. The molecule has 0 heterocycles. The first kappa shape index (κ1) is 14.8. The number of nitro benzene ring substituents is 1. The molecule has 18 heavy (non-hydrogen) atoms. The van der Waals surface area contributed by atoms with Gasteiger partial charge in [0.05, 0.1) is 11.5 Å². The molecule has 0 radical (unpaired) electrons. The topological polar surface area (TPSA) is 75.4 Å². The summed E-state index contributed by atoms with van der Waals surface area (Å²) in [5.74, 6) is 1.30. The maximum atomic E-state index is 11.0. The van der Waals surface area contributed by atoms with Crippen molar-refractivity contribution in [2.45, 2.75) is 19.1 Å². The molecule has 1 aromatic carbocycles. The van der Waals surface area contributed by atoms with Gasteiger partial charge < -0.3 is 10.4 Å². The van der Waals surface area contributed by atoms with Crippen molar-refractivity contribution in [2.24, 2.45) is 0 Å². The number of hydrogen-bond acceptors (Lipinski definition) is 5. The molecule has 0 bridgehead atoms. The highest BCUT2D eigenvalue weighted by molar-refractivity contribution is 7.98. The summed E-state index contributed by atoms with van der Waals surface area (Å²) in [4.78, 5) is 10.6. The van der Waals surface area contributed by atoms with Crippen LogP contribution in [0.5, 0.6) is 0 Å². The van der Waals surface area contributed by atoms with Gasteiger partial charge in [0, 0.05) is 24.1 Å². The summed E-state index contributed by atoms with van der Waals surface area (Å²) in [6.45, 7) is 2.85. The van der Waals surface area contributed by atoms with E-state index in [1.807, 2.05) is 13.0 Å². The number of thioether (sulfide) groups is 1. The predicted octanol–water partition coefficient (Wildman–Crippen LogP) is 2.64. The third-order valence-corrected chi connectivity index (χ3v) is 3.36. The van der Waals surface area contributed by atoms with Crippen LogP contribution in [0.3, 0.4) is 0 Å². The summed E-state index contributed by atoms with van der Waals surface area (Å²) in [7, 11) is 0. The van der Waals surface area contributed by atoms with Crippen LogP contribution in [0, 0.1) is 10.1 Å². The van der Waals surface area contributed by atoms with Crippen LogP contribution < -0.4 is 5.32 Å². The van der Waals surface area contributed by atoms with Gasteiger partial charge in [-0.1, -0.05) is 19.1 Å². The standard InChI is InChI=1S/C12H18N2O3S/c1-2-6-13-12-10(9-18-8-7-15)4-3-5-11(12)14(16)17/h3-5,13,15H,2,6-9H2,1H3. The molecule has 5 nitrogen and oxygen atoms in total. The first-order chi connectivity index (χ1) is 8.70. The Morgan fingerprint density at radius 3 is 2.89 bits per heavy atom. The number of aliphatic hydroxyl groups is 1. The molecule has 0 aliphatic carbocycles. The summed E-state index contributed by atoms with van der Waals surface area (Å²) >= 11 is 1.56. The van der Waals surface area contributed by atoms with Gasteiger partial charge in [-0.3, -0.25) is 10.1 Å². The van der Waals surface area contributed by atoms with Crippen LogP contribution in [0.15, 0.2) is 18.2 Å². The fraction of sp³-hybridized carbons (Fsp3) is 0.500. The lowest BCUT2D eigenvalue weighted by Crippen LogP contribution is -2.06. The Hall–Kier alpha value is -1.27. The van der Waals surface area contributed by atoms with Gasteiger partial charge in [0.25, 0.3) is 5.69 Å². The van der Waals surface area contributed by atoms with E-state index < -0.39 is 0 Å². The number of anilines is 1. The smallest absolute Gasteiger partial charge is 0.292 e. The van der Waals surface area contributed by atoms with E-state index in [-0.39, 0.29) is 17.2 Å². The van der Waals surface area contributed by atoms with E-state index in [0.717, 1.165) is 12.0 Å². The van der Waals surface area contributed by atoms with Crippen LogP contribution in [-0.2, 0) is 5.75 Å². The van der Waals surface area contributed by atoms with Crippen LogP contribution in [0.25, 0.3) is 0 Å². The molecule has 100 valence electrons. The summed E-state index contributed by atoms with van der Waals surface area (Å²) in [6.07, 6.45) is 0.912. The Labute approximate surface area is 111 Å². The predicted molar refractivity (Wildman–Crippen MR) is 75.1 cm³/mol. The lowest BCUT2D eigenvalue weighted by atomic mass is 10.1. The van der Waals surface area contributed by atoms with E-state index in [2.05, 4.69) is 5.32 Å². The van der Waals surface area contributed by atoms with Crippen molar-refractivity contribution in [3.8, 4) is 0 Å². The first-order valence-electron chi connectivity index (χ1n) is 5.89. The van der Waals surface area contributed by atoms with Gasteiger partial charge in [0.1, 0.15) is 5.69 Å². The number of para-hydroxylation sites is 1. The Kier molecular flexibility index (Phi) is 6.53. The average Bonchev–Trinajstić information content (AvgIpc) is 2.37. The fourth-order valence-corrected chi connectivity index (χ4v) is 2.29. The van der Waals surface area contributed by atoms with Crippen molar-refractivity contribution in [3.63, 3.8) is 0 Å². The number of aliphatic hydroxyl groups excluding tert-OH is 1. The Balaban J connectivity index is 2.91. The molecule has 0 aliphatic heterocycles. The summed E-state index contributed by atoms with van der Waals surface area (Å²) in [5.41, 5.74) is 1.64. The second-order valence-electron chi connectivity index (χ2n) is 3.77. The number of rotatable bonds is 8. The lowest BCUT2D eigenvalue weighted by molar-refractivity contribution is -0.384. The maximum absolute atomic E-state index is 11.0. The van der Waals surface area contributed by atoms with E-state index in [0.29, 0.717) is 23.7 Å². The molecule has 0 spiro atoms. The van der Waals surface area contributed by atoms with Gasteiger partial charge >= 0.3 is 0 Å². The van der Waals surface area contributed by atoms with Gasteiger partial charge in [0.15, 0.2) is 0 Å². The van der Waals surface area contributed by atoms with E-state index >= 15 is 0 Å². The highest BCUT2D eigenvalue weighted by Gasteiger charge is 2.16. The normalized spacial score (nSPS) is 10.3. The molecule has 2 N–H and O–H groups in total.